The van der Waals surface area contributed by atoms with Gasteiger partial charge in [0.1, 0.15) is 5.02 Å². The Morgan fingerprint density at radius 3 is 2.31 bits per heavy atom. The average Bonchev–Trinajstić information content (AvgIpc) is 2.79. The molecule has 0 amide bonds. The Balaban J connectivity index is 1.49. The Morgan fingerprint density at radius 2 is 1.77 bits per heavy atom. The van der Waals surface area contributed by atoms with E-state index in [-0.39, 0.29) is 22.4 Å². The van der Waals surface area contributed by atoms with Gasteiger partial charge in [0.25, 0.3) is 5.56 Å². The largest absolute Gasteiger partial charge is 0.493 e. The number of nitrogens with one attached hydrogen (secondary N) is 1. The molecule has 1 aromatic carbocycles. The first-order valence-electron chi connectivity index (χ1n) is 11.8. The number of hydrogen-bond donors (Lipinski definition) is 2. The van der Waals surface area contributed by atoms with Crippen molar-refractivity contribution in [3.63, 3.8) is 0 Å². The molecule has 0 spiro atoms. The van der Waals surface area contributed by atoms with Gasteiger partial charge in [0.2, 0.25) is 5.75 Å². The molecular weight excluding hydrogens is 474 g/mol. The summed E-state index contributed by atoms with van der Waals surface area (Å²) >= 11 is 6.60. The second-order valence-electron chi connectivity index (χ2n) is 10.4. The topological polar surface area (TPSA) is 112 Å². The summed E-state index contributed by atoms with van der Waals surface area (Å²) in [6, 6.07) is 3.44. The number of ether oxygens (including phenoxy) is 3. The summed E-state index contributed by atoms with van der Waals surface area (Å²) in [6.45, 7) is 0. The zero-order chi connectivity index (χ0) is 25.0. The highest BCUT2D eigenvalue weighted by atomic mass is 35.5. The number of hydrogen-bond acceptors (Lipinski definition) is 7. The first-order chi connectivity index (χ1) is 16.7. The number of aromatic nitrogens is 2. The molecule has 0 aliphatic heterocycles. The molecule has 2 aromatic rings. The first-order valence-corrected chi connectivity index (χ1v) is 12.2. The fourth-order valence-electron chi connectivity index (χ4n) is 7.34. The SMILES string of the molecule is COc1cc(Nc2cnn(C34CC5CC(CC(CC(=O)O)(C5)C3)C4)c(=O)c2Cl)cc(OC)c1OC. The highest BCUT2D eigenvalue weighted by molar-refractivity contribution is 6.33. The molecule has 4 bridgehead atoms. The van der Waals surface area contributed by atoms with Crippen molar-refractivity contribution in [1.82, 2.24) is 9.78 Å². The maximum atomic E-state index is 13.5. The van der Waals surface area contributed by atoms with E-state index in [2.05, 4.69) is 10.4 Å². The van der Waals surface area contributed by atoms with E-state index in [0.717, 1.165) is 32.1 Å². The van der Waals surface area contributed by atoms with Crippen LogP contribution in [0.2, 0.25) is 5.02 Å². The maximum absolute atomic E-state index is 13.5. The van der Waals surface area contributed by atoms with Gasteiger partial charge in [-0.2, -0.15) is 5.10 Å². The quantitative estimate of drug-likeness (QED) is 0.544. The standard InChI is InChI=1S/C25H30ClN3O6/c1-33-18-5-16(6-19(34-2)22(18)35-3)28-17-12-27-29(23(32)21(17)26)25-9-14-4-15(10-25)8-24(7-14,13-25)11-20(30)31/h5-6,12,14-15,28H,4,7-11,13H2,1-3H3,(H,30,31). The summed E-state index contributed by atoms with van der Waals surface area (Å²) in [5.74, 6) is 1.44. The first kappa shape index (κ1) is 23.8. The van der Waals surface area contributed by atoms with Crippen LogP contribution in [0.1, 0.15) is 44.9 Å². The van der Waals surface area contributed by atoms with Crippen molar-refractivity contribution in [1.29, 1.82) is 0 Å². The van der Waals surface area contributed by atoms with Gasteiger partial charge in [0.05, 0.1) is 45.2 Å². The van der Waals surface area contributed by atoms with Crippen molar-refractivity contribution in [2.45, 2.75) is 50.5 Å². The van der Waals surface area contributed by atoms with E-state index in [9.17, 15) is 14.7 Å². The van der Waals surface area contributed by atoms with Gasteiger partial charge in [-0.05, 0) is 55.8 Å². The van der Waals surface area contributed by atoms with E-state index in [1.54, 1.807) is 23.0 Å². The van der Waals surface area contributed by atoms with E-state index in [1.807, 2.05) is 0 Å². The Bertz CT molecular complexity index is 1190. The molecular formula is C25H30ClN3O6. The number of carboxylic acids is 1. The van der Waals surface area contributed by atoms with Gasteiger partial charge >= 0.3 is 5.97 Å². The van der Waals surface area contributed by atoms with E-state index in [4.69, 9.17) is 25.8 Å². The zero-order valence-electron chi connectivity index (χ0n) is 20.1. The molecule has 0 radical (unpaired) electrons. The lowest BCUT2D eigenvalue weighted by Crippen LogP contribution is -2.59. The number of carbonyl (C=O) groups is 1. The van der Waals surface area contributed by atoms with Gasteiger partial charge in [-0.25, -0.2) is 4.68 Å². The van der Waals surface area contributed by atoms with Crippen molar-refractivity contribution in [2.24, 2.45) is 17.3 Å². The number of benzene rings is 1. The Morgan fingerprint density at radius 1 is 1.14 bits per heavy atom. The van der Waals surface area contributed by atoms with Gasteiger partial charge in [-0.3, -0.25) is 9.59 Å². The molecule has 188 valence electrons. The van der Waals surface area contributed by atoms with Crippen molar-refractivity contribution >= 4 is 28.9 Å². The van der Waals surface area contributed by atoms with Crippen LogP contribution in [0.4, 0.5) is 11.4 Å². The number of aliphatic carboxylic acids is 1. The molecule has 4 aliphatic rings. The summed E-state index contributed by atoms with van der Waals surface area (Å²) in [4.78, 5) is 25.2. The van der Waals surface area contributed by atoms with E-state index < -0.39 is 11.5 Å². The number of methoxy groups -OCH3 is 3. The lowest BCUT2D eigenvalue weighted by Gasteiger charge is -2.61. The van der Waals surface area contributed by atoms with Crippen LogP contribution in [0.25, 0.3) is 0 Å². The van der Waals surface area contributed by atoms with Crippen molar-refractivity contribution in [3.8, 4) is 17.2 Å². The number of rotatable bonds is 8. The van der Waals surface area contributed by atoms with Crippen LogP contribution in [0.5, 0.6) is 17.2 Å². The Kier molecular flexibility index (Phi) is 5.86. The maximum Gasteiger partial charge on any atom is 0.303 e. The van der Waals surface area contributed by atoms with Gasteiger partial charge in [0, 0.05) is 17.8 Å². The highest BCUT2D eigenvalue weighted by Gasteiger charge is 2.59. The number of halogens is 1. The summed E-state index contributed by atoms with van der Waals surface area (Å²) in [7, 11) is 4.58. The smallest absolute Gasteiger partial charge is 0.303 e. The predicted molar refractivity (Wildman–Crippen MR) is 130 cm³/mol. The van der Waals surface area contributed by atoms with Crippen molar-refractivity contribution in [2.75, 3.05) is 26.6 Å². The minimum atomic E-state index is -0.773. The molecule has 2 N–H and O–H groups in total. The van der Waals surface area contributed by atoms with Crippen molar-refractivity contribution in [3.05, 3.63) is 33.7 Å². The van der Waals surface area contributed by atoms with Crippen LogP contribution in [0, 0.1) is 17.3 Å². The number of carboxylic acid groups (broad SMARTS) is 1. The van der Waals surface area contributed by atoms with Gasteiger partial charge < -0.3 is 24.6 Å². The normalized spacial score (nSPS) is 28.6. The zero-order valence-corrected chi connectivity index (χ0v) is 20.9. The highest BCUT2D eigenvalue weighted by Crippen LogP contribution is 2.65. The molecule has 0 saturated heterocycles. The van der Waals surface area contributed by atoms with Gasteiger partial charge in [-0.15, -0.1) is 0 Å². The molecule has 4 aliphatic carbocycles. The van der Waals surface area contributed by atoms with E-state index in [1.165, 1.54) is 21.3 Å². The summed E-state index contributed by atoms with van der Waals surface area (Å²) in [6.07, 6.45) is 6.98. The van der Waals surface area contributed by atoms with Crippen LogP contribution in [0.3, 0.4) is 0 Å². The second kappa shape index (κ2) is 8.62. The van der Waals surface area contributed by atoms with Crippen LogP contribution >= 0.6 is 11.6 Å². The second-order valence-corrected chi connectivity index (χ2v) is 10.8. The van der Waals surface area contributed by atoms with E-state index in [0.29, 0.717) is 46.9 Å². The summed E-state index contributed by atoms with van der Waals surface area (Å²) in [5.41, 5.74) is -0.151. The molecule has 2 atom stereocenters. The molecule has 4 fully saturated rings. The summed E-state index contributed by atoms with van der Waals surface area (Å²) in [5, 5.41) is 17.3. The average molecular weight is 504 g/mol. The summed E-state index contributed by atoms with van der Waals surface area (Å²) < 4.78 is 17.7. The van der Waals surface area contributed by atoms with Gasteiger partial charge in [0.15, 0.2) is 11.5 Å². The third-order valence-electron chi connectivity index (χ3n) is 7.99. The molecule has 1 aromatic heterocycles. The van der Waals surface area contributed by atoms with Gasteiger partial charge in [-0.1, -0.05) is 11.6 Å². The molecule has 10 heteroatoms. The van der Waals surface area contributed by atoms with E-state index >= 15 is 0 Å². The van der Waals surface area contributed by atoms with Crippen LogP contribution < -0.4 is 25.1 Å². The lowest BCUT2D eigenvalue weighted by atomic mass is 9.46. The van der Waals surface area contributed by atoms with Crippen LogP contribution in [-0.4, -0.2) is 42.2 Å². The fourth-order valence-corrected chi connectivity index (χ4v) is 7.52. The number of anilines is 2. The molecule has 35 heavy (non-hydrogen) atoms. The molecule has 2 unspecified atom stereocenters. The van der Waals surface area contributed by atoms with Crippen LogP contribution in [-0.2, 0) is 10.3 Å². The predicted octanol–water partition coefficient (Wildman–Crippen LogP) is 4.44. The Labute approximate surface area is 208 Å². The molecule has 1 heterocycles. The lowest BCUT2D eigenvalue weighted by molar-refractivity contribution is -0.151. The van der Waals surface area contributed by atoms with Crippen molar-refractivity contribution < 1.29 is 24.1 Å². The minimum Gasteiger partial charge on any atom is -0.493 e. The monoisotopic (exact) mass is 503 g/mol. The third kappa shape index (κ3) is 3.99. The Hall–Kier alpha value is -2.94. The molecule has 9 nitrogen and oxygen atoms in total. The van der Waals surface area contributed by atoms with Crippen LogP contribution in [0.15, 0.2) is 23.1 Å². The fraction of sp³-hybridized carbons (Fsp3) is 0.560. The third-order valence-corrected chi connectivity index (χ3v) is 8.35. The molecule has 4 saturated carbocycles. The molecule has 6 rings (SSSR count). The number of nitrogens with zero attached hydrogens (tertiary/aromatic N) is 2. The minimum absolute atomic E-state index is 0.0387.